The molecule has 4 nitrogen and oxygen atoms in total. The normalized spacial score (nSPS) is 10.3. The van der Waals surface area contributed by atoms with Gasteiger partial charge in [-0.05, 0) is 24.3 Å². The van der Waals surface area contributed by atoms with Crippen molar-refractivity contribution < 1.29 is 19.4 Å². The Labute approximate surface area is 144 Å². The van der Waals surface area contributed by atoms with Crippen LogP contribution in [0.3, 0.4) is 0 Å². The molecule has 0 bridgehead atoms. The minimum atomic E-state index is -0.757. The summed E-state index contributed by atoms with van der Waals surface area (Å²) in [6, 6.07) is 9.17. The molecular formula is C15H9BrCl2O4. The van der Waals surface area contributed by atoms with Gasteiger partial charge in [-0.25, -0.2) is 4.79 Å². The molecule has 2 rings (SSSR count). The zero-order valence-electron chi connectivity index (χ0n) is 11.0. The number of carbonyl (C=O) groups is 2. The molecule has 0 aliphatic rings. The number of ketones is 1. The fourth-order valence-electron chi connectivity index (χ4n) is 1.64. The summed E-state index contributed by atoms with van der Waals surface area (Å²) in [5.74, 6) is -1.41. The third-order valence-corrected chi connectivity index (χ3v) is 3.80. The van der Waals surface area contributed by atoms with Gasteiger partial charge in [0, 0.05) is 10.0 Å². The lowest BCUT2D eigenvalue weighted by Gasteiger charge is -2.07. The smallest absolute Gasteiger partial charge is 0.338 e. The van der Waals surface area contributed by atoms with E-state index in [4.69, 9.17) is 27.9 Å². The molecule has 0 saturated carbocycles. The molecule has 0 spiro atoms. The summed E-state index contributed by atoms with van der Waals surface area (Å²) in [5, 5.41) is 9.29. The lowest BCUT2D eigenvalue weighted by Crippen LogP contribution is -2.14. The molecule has 7 heteroatoms. The minimum absolute atomic E-state index is 0.0508. The summed E-state index contributed by atoms with van der Waals surface area (Å²) in [6.07, 6.45) is 0. The average molecular weight is 404 g/mol. The highest BCUT2D eigenvalue weighted by Gasteiger charge is 2.15. The summed E-state index contributed by atoms with van der Waals surface area (Å²) in [5.41, 5.74) is 0.471. The van der Waals surface area contributed by atoms with Crippen LogP contribution in [-0.2, 0) is 4.74 Å². The van der Waals surface area contributed by atoms with Gasteiger partial charge in [-0.15, -0.1) is 0 Å². The van der Waals surface area contributed by atoms with E-state index in [0.717, 1.165) is 4.47 Å². The maximum absolute atomic E-state index is 11.9. The molecule has 0 atom stereocenters. The molecule has 0 fully saturated rings. The quantitative estimate of drug-likeness (QED) is 0.602. The molecule has 22 heavy (non-hydrogen) atoms. The standard InChI is InChI=1S/C15H9BrCl2O4/c16-10-3-1-2-8(4-10)13(19)7-22-15(21)9-5-11(17)14(20)12(18)6-9/h1-6,20H,7H2. The van der Waals surface area contributed by atoms with Gasteiger partial charge >= 0.3 is 5.97 Å². The van der Waals surface area contributed by atoms with Crippen molar-refractivity contribution in [1.82, 2.24) is 0 Å². The van der Waals surface area contributed by atoms with Gasteiger partial charge < -0.3 is 9.84 Å². The van der Waals surface area contributed by atoms with E-state index in [2.05, 4.69) is 15.9 Å². The second-order valence-electron chi connectivity index (χ2n) is 4.30. The molecule has 0 unspecified atom stereocenters. The van der Waals surface area contributed by atoms with E-state index in [1.54, 1.807) is 24.3 Å². The van der Waals surface area contributed by atoms with Crippen LogP contribution in [0.1, 0.15) is 20.7 Å². The molecular weight excluding hydrogens is 395 g/mol. The monoisotopic (exact) mass is 402 g/mol. The molecule has 0 saturated heterocycles. The number of ether oxygens (including phenoxy) is 1. The number of rotatable bonds is 4. The SMILES string of the molecule is O=C(COC(=O)c1cc(Cl)c(O)c(Cl)c1)c1cccc(Br)c1. The van der Waals surface area contributed by atoms with Gasteiger partial charge in [-0.3, -0.25) is 4.79 Å². The highest BCUT2D eigenvalue weighted by Crippen LogP contribution is 2.32. The van der Waals surface area contributed by atoms with Crippen LogP contribution in [-0.4, -0.2) is 23.5 Å². The van der Waals surface area contributed by atoms with E-state index in [1.165, 1.54) is 12.1 Å². The topological polar surface area (TPSA) is 63.6 Å². The predicted octanol–water partition coefficient (Wildman–Crippen LogP) is 4.50. The number of Topliss-reactive ketones (excluding diaryl/α,β-unsaturated/α-hetero) is 1. The molecule has 0 aliphatic carbocycles. The number of carbonyl (C=O) groups excluding carboxylic acids is 2. The molecule has 0 heterocycles. The zero-order valence-corrected chi connectivity index (χ0v) is 14.1. The lowest BCUT2D eigenvalue weighted by atomic mass is 10.1. The van der Waals surface area contributed by atoms with E-state index >= 15 is 0 Å². The Morgan fingerprint density at radius 3 is 2.32 bits per heavy atom. The lowest BCUT2D eigenvalue weighted by molar-refractivity contribution is 0.0474. The van der Waals surface area contributed by atoms with Gasteiger partial charge in [0.25, 0.3) is 0 Å². The second-order valence-corrected chi connectivity index (χ2v) is 6.03. The highest BCUT2D eigenvalue weighted by atomic mass is 79.9. The molecule has 2 aromatic rings. The number of phenolic OH excluding ortho intramolecular Hbond substituents is 1. The molecule has 1 N–H and O–H groups in total. The van der Waals surface area contributed by atoms with Gasteiger partial charge in [-0.2, -0.15) is 0 Å². The minimum Gasteiger partial charge on any atom is -0.505 e. The fraction of sp³-hybridized carbons (Fsp3) is 0.0667. The number of phenols is 1. The number of hydrogen-bond acceptors (Lipinski definition) is 4. The van der Waals surface area contributed by atoms with Crippen LogP contribution in [0.5, 0.6) is 5.75 Å². The first-order valence-electron chi connectivity index (χ1n) is 6.02. The zero-order chi connectivity index (χ0) is 16.3. The first-order valence-corrected chi connectivity index (χ1v) is 7.57. The number of halogens is 3. The van der Waals surface area contributed by atoms with Crippen molar-refractivity contribution in [2.24, 2.45) is 0 Å². The van der Waals surface area contributed by atoms with E-state index in [1.807, 2.05) is 0 Å². The van der Waals surface area contributed by atoms with Crippen LogP contribution < -0.4 is 0 Å². The second kappa shape index (κ2) is 7.13. The van der Waals surface area contributed by atoms with Crippen molar-refractivity contribution in [3.8, 4) is 5.75 Å². The summed E-state index contributed by atoms with van der Waals surface area (Å²) < 4.78 is 5.68. The van der Waals surface area contributed by atoms with Crippen molar-refractivity contribution in [3.05, 3.63) is 62.0 Å². The Kier molecular flexibility index (Phi) is 5.45. The number of aromatic hydroxyl groups is 1. The first-order chi connectivity index (χ1) is 10.4. The van der Waals surface area contributed by atoms with Crippen LogP contribution in [0.4, 0.5) is 0 Å². The third-order valence-electron chi connectivity index (χ3n) is 2.73. The molecule has 2 aromatic carbocycles. The van der Waals surface area contributed by atoms with E-state index < -0.39 is 12.6 Å². The van der Waals surface area contributed by atoms with Crippen LogP contribution in [0.15, 0.2) is 40.9 Å². The Balaban J connectivity index is 2.05. The molecule has 114 valence electrons. The summed E-state index contributed by atoms with van der Waals surface area (Å²) >= 11 is 14.7. The number of esters is 1. The third kappa shape index (κ3) is 4.00. The van der Waals surface area contributed by atoms with Crippen molar-refractivity contribution in [2.75, 3.05) is 6.61 Å². The maximum atomic E-state index is 11.9. The fourth-order valence-corrected chi connectivity index (χ4v) is 2.53. The van der Waals surface area contributed by atoms with Crippen LogP contribution in [0.25, 0.3) is 0 Å². The first kappa shape index (κ1) is 16.8. The average Bonchev–Trinajstić information content (AvgIpc) is 2.49. The van der Waals surface area contributed by atoms with Crippen LogP contribution in [0.2, 0.25) is 10.0 Å². The molecule has 0 amide bonds. The van der Waals surface area contributed by atoms with Crippen LogP contribution in [0, 0.1) is 0 Å². The summed E-state index contributed by atoms with van der Waals surface area (Å²) in [6.45, 7) is -0.411. The molecule has 0 radical (unpaired) electrons. The predicted molar refractivity (Wildman–Crippen MR) is 86.9 cm³/mol. The van der Waals surface area contributed by atoms with Crippen molar-refractivity contribution in [1.29, 1.82) is 0 Å². The maximum Gasteiger partial charge on any atom is 0.338 e. The Morgan fingerprint density at radius 2 is 1.73 bits per heavy atom. The Morgan fingerprint density at radius 1 is 1.09 bits per heavy atom. The van der Waals surface area contributed by atoms with Gasteiger partial charge in [0.1, 0.15) is 0 Å². The van der Waals surface area contributed by atoms with Crippen molar-refractivity contribution in [2.45, 2.75) is 0 Å². The van der Waals surface area contributed by atoms with E-state index in [-0.39, 0.29) is 27.1 Å². The number of benzene rings is 2. The largest absolute Gasteiger partial charge is 0.505 e. The molecule has 0 aliphatic heterocycles. The Bertz CT molecular complexity index is 723. The Hall–Kier alpha value is -1.56. The van der Waals surface area contributed by atoms with E-state index in [0.29, 0.717) is 5.56 Å². The van der Waals surface area contributed by atoms with Gasteiger partial charge in [-0.1, -0.05) is 51.3 Å². The van der Waals surface area contributed by atoms with Crippen molar-refractivity contribution >= 4 is 50.9 Å². The summed E-state index contributed by atoms with van der Waals surface area (Å²) in [4.78, 5) is 23.8. The van der Waals surface area contributed by atoms with Gasteiger partial charge in [0.05, 0.1) is 15.6 Å². The highest BCUT2D eigenvalue weighted by molar-refractivity contribution is 9.10. The van der Waals surface area contributed by atoms with Gasteiger partial charge in [0.15, 0.2) is 18.1 Å². The van der Waals surface area contributed by atoms with E-state index in [9.17, 15) is 14.7 Å². The summed E-state index contributed by atoms with van der Waals surface area (Å²) in [7, 11) is 0. The van der Waals surface area contributed by atoms with Crippen LogP contribution >= 0.6 is 39.1 Å². The van der Waals surface area contributed by atoms with Gasteiger partial charge in [0.2, 0.25) is 0 Å². The molecule has 0 aromatic heterocycles. The van der Waals surface area contributed by atoms with Crippen molar-refractivity contribution in [3.63, 3.8) is 0 Å². The number of hydrogen-bond donors (Lipinski definition) is 1.